The first-order valence-electron chi connectivity index (χ1n) is 7.77. The summed E-state index contributed by atoms with van der Waals surface area (Å²) < 4.78 is 5.77. The highest BCUT2D eigenvalue weighted by molar-refractivity contribution is 7.99. The van der Waals surface area contributed by atoms with Crippen molar-refractivity contribution in [3.63, 3.8) is 0 Å². The van der Waals surface area contributed by atoms with Crippen LogP contribution in [0.25, 0.3) is 0 Å². The molecule has 0 aliphatic carbocycles. The zero-order valence-corrected chi connectivity index (χ0v) is 13.7. The second kappa shape index (κ2) is 7.94. The normalized spacial score (nSPS) is 19.5. The van der Waals surface area contributed by atoms with E-state index >= 15 is 0 Å². The van der Waals surface area contributed by atoms with Crippen LogP contribution in [0.2, 0.25) is 0 Å². The predicted molar refractivity (Wildman–Crippen MR) is 89.0 cm³/mol. The van der Waals surface area contributed by atoms with Crippen LogP contribution in [0, 0.1) is 0 Å². The van der Waals surface area contributed by atoms with E-state index in [1.165, 1.54) is 17.7 Å². The molecule has 0 saturated heterocycles. The lowest BCUT2D eigenvalue weighted by molar-refractivity contribution is 0.257. The van der Waals surface area contributed by atoms with Gasteiger partial charge in [0.1, 0.15) is 5.75 Å². The fraction of sp³-hybridized carbons (Fsp3) is 0.647. The Labute approximate surface area is 127 Å². The highest BCUT2D eigenvalue weighted by Crippen LogP contribution is 2.36. The zero-order chi connectivity index (χ0) is 14.4. The molecule has 1 heterocycles. The minimum Gasteiger partial charge on any atom is -0.493 e. The van der Waals surface area contributed by atoms with Gasteiger partial charge in [-0.1, -0.05) is 39.0 Å². The molecule has 1 aliphatic rings. The molecule has 20 heavy (non-hydrogen) atoms. The summed E-state index contributed by atoms with van der Waals surface area (Å²) in [5, 5.41) is 4.36. The van der Waals surface area contributed by atoms with Crippen LogP contribution < -0.4 is 10.1 Å². The fourth-order valence-corrected chi connectivity index (χ4v) is 3.68. The third kappa shape index (κ3) is 4.42. The average Bonchev–Trinajstić information content (AvgIpc) is 2.45. The van der Waals surface area contributed by atoms with Crippen LogP contribution in [0.3, 0.4) is 0 Å². The summed E-state index contributed by atoms with van der Waals surface area (Å²) in [6.45, 7) is 8.66. The summed E-state index contributed by atoms with van der Waals surface area (Å²) in [5.74, 6) is 2.93. The number of hydrogen-bond donors (Lipinski definition) is 1. The van der Waals surface area contributed by atoms with Crippen LogP contribution in [0.15, 0.2) is 24.3 Å². The Morgan fingerprint density at radius 1 is 1.35 bits per heavy atom. The molecule has 2 unspecified atom stereocenters. The lowest BCUT2D eigenvalue weighted by Crippen LogP contribution is -2.34. The number of nitrogens with one attached hydrogen (secondary N) is 1. The molecule has 0 bridgehead atoms. The van der Waals surface area contributed by atoms with E-state index < -0.39 is 0 Å². The van der Waals surface area contributed by atoms with Gasteiger partial charge in [-0.15, -0.1) is 0 Å². The molecule has 2 atom stereocenters. The molecule has 2 nitrogen and oxygen atoms in total. The van der Waals surface area contributed by atoms with Gasteiger partial charge in [-0.05, 0) is 42.2 Å². The van der Waals surface area contributed by atoms with E-state index in [4.69, 9.17) is 4.74 Å². The van der Waals surface area contributed by atoms with Crippen LogP contribution in [-0.2, 0) is 0 Å². The van der Waals surface area contributed by atoms with E-state index in [1.54, 1.807) is 0 Å². The molecule has 1 aromatic rings. The van der Waals surface area contributed by atoms with Crippen molar-refractivity contribution in [2.75, 3.05) is 18.9 Å². The van der Waals surface area contributed by atoms with Gasteiger partial charge in [-0.3, -0.25) is 0 Å². The van der Waals surface area contributed by atoms with Crippen LogP contribution in [-0.4, -0.2) is 30.2 Å². The van der Waals surface area contributed by atoms with Gasteiger partial charge in [0.15, 0.2) is 0 Å². The van der Waals surface area contributed by atoms with Gasteiger partial charge < -0.3 is 10.1 Å². The number of fused-ring (bicyclic) bond motifs is 1. The molecular formula is C17H27NOS. The molecule has 0 amide bonds. The minimum atomic E-state index is 0.601. The average molecular weight is 293 g/mol. The van der Waals surface area contributed by atoms with E-state index in [1.807, 2.05) is 0 Å². The Kier molecular flexibility index (Phi) is 6.24. The summed E-state index contributed by atoms with van der Waals surface area (Å²) in [4.78, 5) is 0. The molecule has 112 valence electrons. The van der Waals surface area contributed by atoms with Crippen LogP contribution in [0.4, 0.5) is 0 Å². The van der Waals surface area contributed by atoms with Crippen LogP contribution >= 0.6 is 11.8 Å². The molecular weight excluding hydrogens is 266 g/mol. The first kappa shape index (κ1) is 15.7. The van der Waals surface area contributed by atoms with E-state index in [2.05, 4.69) is 62.1 Å². The Bertz CT molecular complexity index is 408. The monoisotopic (exact) mass is 293 g/mol. The second-order valence-corrected chi connectivity index (χ2v) is 7.35. The standard InChI is InChI=1S/C17H27NOS/c1-4-18-15(12-20-13(2)3)11-14-9-10-19-17-8-6-5-7-16(14)17/h5-8,13-15,18H,4,9-12H2,1-3H3. The quantitative estimate of drug-likeness (QED) is 0.819. The zero-order valence-electron chi connectivity index (χ0n) is 12.9. The summed E-state index contributed by atoms with van der Waals surface area (Å²) >= 11 is 2.06. The van der Waals surface area contributed by atoms with Crippen molar-refractivity contribution in [1.29, 1.82) is 0 Å². The Morgan fingerprint density at radius 2 is 2.15 bits per heavy atom. The molecule has 0 fully saturated rings. The molecule has 3 heteroatoms. The van der Waals surface area contributed by atoms with Crippen molar-refractivity contribution in [2.45, 2.75) is 50.8 Å². The molecule has 0 saturated carbocycles. The lowest BCUT2D eigenvalue weighted by Gasteiger charge is -2.29. The summed E-state index contributed by atoms with van der Waals surface area (Å²) in [5.41, 5.74) is 1.40. The third-order valence-corrected chi connectivity index (χ3v) is 5.04. The van der Waals surface area contributed by atoms with Crippen molar-refractivity contribution in [3.8, 4) is 5.75 Å². The van der Waals surface area contributed by atoms with E-state index in [0.717, 1.165) is 25.3 Å². The lowest BCUT2D eigenvalue weighted by atomic mass is 9.88. The molecule has 1 aromatic carbocycles. The maximum Gasteiger partial charge on any atom is 0.122 e. The van der Waals surface area contributed by atoms with Crippen molar-refractivity contribution in [2.24, 2.45) is 0 Å². The number of ether oxygens (including phenoxy) is 1. The van der Waals surface area contributed by atoms with E-state index in [9.17, 15) is 0 Å². The van der Waals surface area contributed by atoms with E-state index in [0.29, 0.717) is 17.2 Å². The number of rotatable bonds is 7. The van der Waals surface area contributed by atoms with Crippen molar-refractivity contribution >= 4 is 11.8 Å². The third-order valence-electron chi connectivity index (χ3n) is 3.78. The highest BCUT2D eigenvalue weighted by Gasteiger charge is 2.24. The van der Waals surface area contributed by atoms with Crippen molar-refractivity contribution < 1.29 is 4.74 Å². The smallest absolute Gasteiger partial charge is 0.122 e. The SMILES string of the molecule is CCNC(CSC(C)C)CC1CCOc2ccccc21. The van der Waals surface area contributed by atoms with Crippen molar-refractivity contribution in [3.05, 3.63) is 29.8 Å². The van der Waals surface area contributed by atoms with Crippen LogP contribution in [0.5, 0.6) is 5.75 Å². The maximum absolute atomic E-state index is 5.77. The molecule has 0 spiro atoms. The minimum absolute atomic E-state index is 0.601. The predicted octanol–water partition coefficient (Wildman–Crippen LogP) is 4.06. The summed E-state index contributed by atoms with van der Waals surface area (Å²) in [6, 6.07) is 9.14. The van der Waals surface area contributed by atoms with Gasteiger partial charge >= 0.3 is 0 Å². The Hall–Kier alpha value is -0.670. The van der Waals surface area contributed by atoms with Crippen molar-refractivity contribution in [1.82, 2.24) is 5.32 Å². The number of para-hydroxylation sites is 1. The fourth-order valence-electron chi connectivity index (χ4n) is 2.81. The molecule has 2 rings (SSSR count). The van der Waals surface area contributed by atoms with Gasteiger partial charge in [-0.25, -0.2) is 0 Å². The molecule has 0 radical (unpaired) electrons. The first-order valence-corrected chi connectivity index (χ1v) is 8.82. The maximum atomic E-state index is 5.77. The number of hydrogen-bond acceptors (Lipinski definition) is 3. The highest BCUT2D eigenvalue weighted by atomic mass is 32.2. The summed E-state index contributed by atoms with van der Waals surface area (Å²) in [7, 11) is 0. The van der Waals surface area contributed by atoms with Gasteiger partial charge in [0.05, 0.1) is 6.61 Å². The van der Waals surface area contributed by atoms with Gasteiger partial charge in [0.2, 0.25) is 0 Å². The molecule has 1 N–H and O–H groups in total. The van der Waals surface area contributed by atoms with Gasteiger partial charge in [0.25, 0.3) is 0 Å². The van der Waals surface area contributed by atoms with Gasteiger partial charge in [0, 0.05) is 11.8 Å². The second-order valence-electron chi connectivity index (χ2n) is 5.74. The number of benzene rings is 1. The largest absolute Gasteiger partial charge is 0.493 e. The molecule has 1 aliphatic heterocycles. The Balaban J connectivity index is 2.00. The molecule has 0 aromatic heterocycles. The topological polar surface area (TPSA) is 21.3 Å². The van der Waals surface area contributed by atoms with Gasteiger partial charge in [-0.2, -0.15) is 11.8 Å². The first-order chi connectivity index (χ1) is 9.70. The summed E-state index contributed by atoms with van der Waals surface area (Å²) in [6.07, 6.45) is 2.36. The van der Waals surface area contributed by atoms with E-state index in [-0.39, 0.29) is 0 Å². The number of thioether (sulfide) groups is 1. The van der Waals surface area contributed by atoms with Crippen LogP contribution in [0.1, 0.15) is 45.1 Å². The Morgan fingerprint density at radius 3 is 2.90 bits per heavy atom.